The number of carbonyl (C=O) groups excluding carboxylic acids is 1. The molecule has 2 aromatic heterocycles. The number of methoxy groups -OCH3 is 1. The Labute approximate surface area is 272 Å². The molecule has 250 valence electrons. The maximum absolute atomic E-state index is 12.7. The molecule has 1 N–H and O–H groups in total. The maximum atomic E-state index is 12.7. The van der Waals surface area contributed by atoms with E-state index in [0.717, 1.165) is 68.0 Å². The van der Waals surface area contributed by atoms with Crippen molar-refractivity contribution in [2.75, 3.05) is 45.2 Å². The van der Waals surface area contributed by atoms with Crippen LogP contribution in [0.3, 0.4) is 0 Å². The molecular formula is C35H50N6O5. The van der Waals surface area contributed by atoms with Gasteiger partial charge in [-0.2, -0.15) is 0 Å². The molecule has 46 heavy (non-hydrogen) atoms. The summed E-state index contributed by atoms with van der Waals surface area (Å²) < 4.78 is 26.3. The second kappa shape index (κ2) is 13.0. The van der Waals surface area contributed by atoms with E-state index in [1.54, 1.807) is 13.4 Å². The third-order valence-corrected chi connectivity index (χ3v) is 9.35. The molecule has 3 aliphatic rings. The molecule has 4 heterocycles. The molecule has 6 rings (SSSR count). The van der Waals surface area contributed by atoms with E-state index in [9.17, 15) is 4.79 Å². The van der Waals surface area contributed by atoms with Gasteiger partial charge in [-0.15, -0.1) is 0 Å². The van der Waals surface area contributed by atoms with E-state index in [4.69, 9.17) is 23.9 Å². The topological polar surface area (TPSA) is 103 Å². The number of nitrogens with one attached hydrogen (secondary N) is 1. The van der Waals surface area contributed by atoms with Crippen LogP contribution in [0.1, 0.15) is 65.5 Å². The Morgan fingerprint density at radius 3 is 2.61 bits per heavy atom. The number of anilines is 1. The second-order valence-corrected chi connectivity index (χ2v) is 14.6. The van der Waals surface area contributed by atoms with Crippen LogP contribution in [0.2, 0.25) is 0 Å². The molecule has 3 aromatic rings. The number of aromatic nitrogens is 3. The Kier molecular flexibility index (Phi) is 9.20. The SMILES string of the molecule is COc1ccc(CN(C)c2ncnc3c2ccn3[C@@H]2C[C@H](CNC[C@H]3CCCN(C(=O)OC(C)(C)C)C3)[C@H]3OC(C)(C)O[C@H]32)cc1. The Bertz CT molecular complexity index is 1500. The largest absolute Gasteiger partial charge is 0.497 e. The van der Waals surface area contributed by atoms with Crippen molar-refractivity contribution in [3.8, 4) is 5.75 Å². The van der Waals surface area contributed by atoms with Crippen LogP contribution in [0.25, 0.3) is 11.0 Å². The highest BCUT2D eigenvalue weighted by molar-refractivity contribution is 5.88. The van der Waals surface area contributed by atoms with Gasteiger partial charge in [0.05, 0.1) is 24.6 Å². The lowest BCUT2D eigenvalue weighted by Gasteiger charge is -2.34. The smallest absolute Gasteiger partial charge is 0.410 e. The summed E-state index contributed by atoms with van der Waals surface area (Å²) >= 11 is 0. The lowest BCUT2D eigenvalue weighted by atomic mass is 9.97. The molecule has 0 spiro atoms. The van der Waals surface area contributed by atoms with Crippen molar-refractivity contribution in [1.82, 2.24) is 24.8 Å². The lowest BCUT2D eigenvalue weighted by Crippen LogP contribution is -2.45. The number of rotatable bonds is 9. The second-order valence-electron chi connectivity index (χ2n) is 14.6. The molecule has 2 saturated heterocycles. The van der Waals surface area contributed by atoms with Gasteiger partial charge in [0.25, 0.3) is 0 Å². The van der Waals surface area contributed by atoms with Crippen LogP contribution in [0.4, 0.5) is 10.6 Å². The molecule has 0 unspecified atom stereocenters. The van der Waals surface area contributed by atoms with Gasteiger partial charge >= 0.3 is 6.09 Å². The van der Waals surface area contributed by atoms with Crippen molar-refractivity contribution in [3.05, 3.63) is 48.4 Å². The summed E-state index contributed by atoms with van der Waals surface area (Å²) in [7, 11) is 3.74. The minimum atomic E-state index is -0.648. The average molecular weight is 635 g/mol. The summed E-state index contributed by atoms with van der Waals surface area (Å²) in [6.45, 7) is 13.6. The van der Waals surface area contributed by atoms with E-state index in [1.165, 1.54) is 5.56 Å². The Morgan fingerprint density at radius 1 is 1.11 bits per heavy atom. The number of amides is 1. The fraction of sp³-hybridized carbons (Fsp3) is 0.629. The minimum Gasteiger partial charge on any atom is -0.497 e. The van der Waals surface area contributed by atoms with Crippen molar-refractivity contribution in [1.29, 1.82) is 0 Å². The number of nitrogens with zero attached hydrogens (tertiary/aromatic N) is 5. The van der Waals surface area contributed by atoms with Gasteiger partial charge in [0.1, 0.15) is 35.2 Å². The number of ether oxygens (including phenoxy) is 4. The molecule has 3 fully saturated rings. The normalized spacial score (nSPS) is 25.9. The molecule has 1 aromatic carbocycles. The molecule has 5 atom stereocenters. The first-order valence-electron chi connectivity index (χ1n) is 16.6. The van der Waals surface area contributed by atoms with Gasteiger partial charge < -0.3 is 38.6 Å². The first kappa shape index (κ1) is 32.5. The van der Waals surface area contributed by atoms with E-state index in [2.05, 4.69) is 51.2 Å². The molecule has 11 heteroatoms. The molecule has 0 radical (unpaired) electrons. The van der Waals surface area contributed by atoms with Crippen molar-refractivity contribution >= 4 is 22.9 Å². The predicted octanol–water partition coefficient (Wildman–Crippen LogP) is 5.39. The minimum absolute atomic E-state index is 0.0198. The molecule has 1 aliphatic carbocycles. The lowest BCUT2D eigenvalue weighted by molar-refractivity contribution is -0.160. The highest BCUT2D eigenvalue weighted by Crippen LogP contribution is 2.47. The van der Waals surface area contributed by atoms with Gasteiger partial charge in [-0.1, -0.05) is 12.1 Å². The molecule has 2 aliphatic heterocycles. The fourth-order valence-corrected chi connectivity index (χ4v) is 7.33. The number of piperidine rings is 1. The number of likely N-dealkylation sites (tertiary alicyclic amines) is 1. The van der Waals surface area contributed by atoms with Gasteiger partial charge in [0, 0.05) is 45.3 Å². The highest BCUT2D eigenvalue weighted by Gasteiger charge is 2.54. The summed E-state index contributed by atoms with van der Waals surface area (Å²) in [5.74, 6) is 1.76. The van der Waals surface area contributed by atoms with E-state index in [-0.39, 0.29) is 30.3 Å². The standard InChI is InChI=1S/C35H50N6O5/c1-34(2,3)46-33(42)40-15-8-9-24(21-40)18-36-19-25-17-28(30-29(25)44-35(4,5)45-30)41-16-14-27-31(37-22-38-32(27)41)39(6)20-23-10-12-26(43-7)13-11-23/h10-14,16,22,24-25,28-30,36H,8-9,15,17-21H2,1-7H3/t24-,25-,28-,29-,30+/m1/s1. The van der Waals surface area contributed by atoms with Gasteiger partial charge in [-0.3, -0.25) is 0 Å². The zero-order valence-electron chi connectivity index (χ0n) is 28.4. The van der Waals surface area contributed by atoms with Crippen molar-refractivity contribution < 1.29 is 23.7 Å². The number of carbonyl (C=O) groups is 1. The van der Waals surface area contributed by atoms with Gasteiger partial charge in [-0.05, 0) is 90.1 Å². The van der Waals surface area contributed by atoms with Crippen LogP contribution >= 0.6 is 0 Å². The molecular weight excluding hydrogens is 584 g/mol. The number of hydrogen-bond donors (Lipinski definition) is 1. The predicted molar refractivity (Wildman–Crippen MR) is 177 cm³/mol. The van der Waals surface area contributed by atoms with Gasteiger partial charge in [0.2, 0.25) is 0 Å². The van der Waals surface area contributed by atoms with Crippen LogP contribution in [-0.2, 0) is 20.8 Å². The summed E-state index contributed by atoms with van der Waals surface area (Å²) in [4.78, 5) is 26.1. The van der Waals surface area contributed by atoms with E-state index in [0.29, 0.717) is 12.5 Å². The summed E-state index contributed by atoms with van der Waals surface area (Å²) in [5, 5.41) is 4.75. The first-order valence-corrected chi connectivity index (χ1v) is 16.6. The number of hydrogen-bond acceptors (Lipinski definition) is 9. The maximum Gasteiger partial charge on any atom is 0.410 e. The Morgan fingerprint density at radius 2 is 1.87 bits per heavy atom. The van der Waals surface area contributed by atoms with E-state index in [1.807, 2.05) is 51.7 Å². The highest BCUT2D eigenvalue weighted by atomic mass is 16.8. The van der Waals surface area contributed by atoms with Gasteiger partial charge in [0.15, 0.2) is 5.79 Å². The Balaban J connectivity index is 1.13. The quantitative estimate of drug-likeness (QED) is 0.332. The number of fused-ring (bicyclic) bond motifs is 2. The third kappa shape index (κ3) is 7.11. The first-order chi connectivity index (χ1) is 21.9. The van der Waals surface area contributed by atoms with Crippen LogP contribution < -0.4 is 15.0 Å². The molecule has 1 amide bonds. The van der Waals surface area contributed by atoms with Crippen LogP contribution in [-0.4, -0.2) is 89.5 Å². The van der Waals surface area contributed by atoms with Crippen LogP contribution in [0, 0.1) is 11.8 Å². The average Bonchev–Trinajstić information content (AvgIpc) is 3.67. The summed E-state index contributed by atoms with van der Waals surface area (Å²) in [6, 6.07) is 10.3. The molecule has 11 nitrogen and oxygen atoms in total. The fourth-order valence-electron chi connectivity index (χ4n) is 7.33. The molecule has 1 saturated carbocycles. The third-order valence-electron chi connectivity index (χ3n) is 9.35. The zero-order valence-corrected chi connectivity index (χ0v) is 28.4. The van der Waals surface area contributed by atoms with Gasteiger partial charge in [-0.25, -0.2) is 14.8 Å². The molecule has 0 bridgehead atoms. The zero-order chi connectivity index (χ0) is 32.6. The monoisotopic (exact) mass is 634 g/mol. The van der Waals surface area contributed by atoms with E-state index >= 15 is 0 Å². The van der Waals surface area contributed by atoms with Crippen molar-refractivity contribution in [3.63, 3.8) is 0 Å². The van der Waals surface area contributed by atoms with Crippen LogP contribution in [0.15, 0.2) is 42.9 Å². The number of benzene rings is 1. The van der Waals surface area contributed by atoms with E-state index < -0.39 is 11.4 Å². The summed E-state index contributed by atoms with van der Waals surface area (Å²) in [5.41, 5.74) is 1.59. The van der Waals surface area contributed by atoms with Crippen LogP contribution in [0.5, 0.6) is 5.75 Å². The Hall–Kier alpha value is -3.41. The summed E-state index contributed by atoms with van der Waals surface area (Å²) in [6.07, 6.45) is 6.48. The van der Waals surface area contributed by atoms with Crippen molar-refractivity contribution in [2.45, 2.75) is 90.1 Å². The van der Waals surface area contributed by atoms with Crippen molar-refractivity contribution in [2.24, 2.45) is 11.8 Å².